The number of hydrogen-bond donors (Lipinski definition) is 1. The number of carbonyl (C=O) groups excluding carboxylic acids is 1. The van der Waals surface area contributed by atoms with E-state index in [4.69, 9.17) is 4.74 Å². The highest BCUT2D eigenvalue weighted by molar-refractivity contribution is 5.78. The third kappa shape index (κ3) is 2.55. The molecule has 4 nitrogen and oxygen atoms in total. The standard InChI is InChI=1S/C12H22N2O2/c1-16-12(5-4-6-12)10-13-9-11(15)14-7-2-3-8-14/h13H,2-10H2,1H3. The zero-order valence-electron chi connectivity index (χ0n) is 10.1. The maximum atomic E-state index is 11.7. The van der Waals surface area contributed by atoms with Crippen LogP contribution in [0.4, 0.5) is 0 Å². The highest BCUT2D eigenvalue weighted by atomic mass is 16.5. The summed E-state index contributed by atoms with van der Waals surface area (Å²) in [5, 5.41) is 3.24. The van der Waals surface area contributed by atoms with E-state index in [9.17, 15) is 4.79 Å². The van der Waals surface area contributed by atoms with Crippen LogP contribution in [0.25, 0.3) is 0 Å². The minimum atomic E-state index is 0.0191. The van der Waals surface area contributed by atoms with Crippen LogP contribution in [0.3, 0.4) is 0 Å². The van der Waals surface area contributed by atoms with Gasteiger partial charge in [-0.3, -0.25) is 4.79 Å². The SMILES string of the molecule is COC1(CNCC(=O)N2CCCC2)CCC1. The molecule has 1 saturated carbocycles. The zero-order valence-corrected chi connectivity index (χ0v) is 10.1. The molecule has 16 heavy (non-hydrogen) atoms. The maximum Gasteiger partial charge on any atom is 0.236 e. The van der Waals surface area contributed by atoms with Gasteiger partial charge < -0.3 is 15.0 Å². The highest BCUT2D eigenvalue weighted by Crippen LogP contribution is 2.34. The van der Waals surface area contributed by atoms with E-state index in [1.807, 2.05) is 4.90 Å². The molecule has 2 fully saturated rings. The predicted molar refractivity (Wildman–Crippen MR) is 62.3 cm³/mol. The van der Waals surface area contributed by atoms with Gasteiger partial charge in [-0.15, -0.1) is 0 Å². The van der Waals surface area contributed by atoms with Crippen LogP contribution < -0.4 is 5.32 Å². The van der Waals surface area contributed by atoms with Crippen LogP contribution >= 0.6 is 0 Å². The second kappa shape index (κ2) is 5.15. The smallest absolute Gasteiger partial charge is 0.236 e. The van der Waals surface area contributed by atoms with Gasteiger partial charge in [0.15, 0.2) is 0 Å². The first-order valence-electron chi connectivity index (χ1n) is 6.29. The second-order valence-electron chi connectivity index (χ2n) is 4.93. The molecule has 1 heterocycles. The number of carbonyl (C=O) groups is 1. The van der Waals surface area contributed by atoms with E-state index >= 15 is 0 Å². The average Bonchev–Trinajstić information content (AvgIpc) is 2.75. The first-order valence-corrected chi connectivity index (χ1v) is 6.29. The van der Waals surface area contributed by atoms with Gasteiger partial charge in [0.25, 0.3) is 0 Å². The molecule has 1 aliphatic heterocycles. The van der Waals surface area contributed by atoms with Crippen molar-refractivity contribution in [3.05, 3.63) is 0 Å². The fourth-order valence-corrected chi connectivity index (χ4v) is 2.50. The third-order valence-corrected chi connectivity index (χ3v) is 3.88. The number of methoxy groups -OCH3 is 1. The Morgan fingerprint density at radius 2 is 2.00 bits per heavy atom. The molecule has 0 atom stereocenters. The molecule has 0 unspecified atom stereocenters. The van der Waals surface area contributed by atoms with Crippen molar-refractivity contribution in [3.8, 4) is 0 Å². The van der Waals surface area contributed by atoms with E-state index in [2.05, 4.69) is 5.32 Å². The van der Waals surface area contributed by atoms with Crippen LogP contribution in [0.2, 0.25) is 0 Å². The van der Waals surface area contributed by atoms with Gasteiger partial charge in [-0.1, -0.05) is 0 Å². The number of amides is 1. The van der Waals surface area contributed by atoms with Gasteiger partial charge in [0.1, 0.15) is 0 Å². The van der Waals surface area contributed by atoms with Crippen LogP contribution in [0.5, 0.6) is 0 Å². The Hall–Kier alpha value is -0.610. The number of ether oxygens (including phenoxy) is 1. The quantitative estimate of drug-likeness (QED) is 0.753. The molecule has 0 aromatic rings. The van der Waals surface area contributed by atoms with Gasteiger partial charge in [-0.2, -0.15) is 0 Å². The van der Waals surface area contributed by atoms with Gasteiger partial charge in [-0.05, 0) is 32.1 Å². The zero-order chi connectivity index (χ0) is 11.4. The fourth-order valence-electron chi connectivity index (χ4n) is 2.50. The summed E-state index contributed by atoms with van der Waals surface area (Å²) < 4.78 is 5.49. The van der Waals surface area contributed by atoms with Crippen molar-refractivity contribution >= 4 is 5.91 Å². The maximum absolute atomic E-state index is 11.7. The van der Waals surface area contributed by atoms with E-state index in [1.165, 1.54) is 6.42 Å². The van der Waals surface area contributed by atoms with Crippen molar-refractivity contribution in [2.45, 2.75) is 37.7 Å². The molecule has 0 aromatic carbocycles. The summed E-state index contributed by atoms with van der Waals surface area (Å²) in [4.78, 5) is 13.7. The Kier molecular flexibility index (Phi) is 3.82. The van der Waals surface area contributed by atoms with E-state index in [1.54, 1.807) is 7.11 Å². The number of nitrogens with one attached hydrogen (secondary N) is 1. The van der Waals surface area contributed by atoms with Crippen molar-refractivity contribution in [1.82, 2.24) is 10.2 Å². The first-order chi connectivity index (χ1) is 7.76. The molecular formula is C12H22N2O2. The van der Waals surface area contributed by atoms with Crippen molar-refractivity contribution in [1.29, 1.82) is 0 Å². The van der Waals surface area contributed by atoms with Gasteiger partial charge in [0.05, 0.1) is 12.1 Å². The minimum Gasteiger partial charge on any atom is -0.377 e. The van der Waals surface area contributed by atoms with E-state index in [0.717, 1.165) is 45.3 Å². The monoisotopic (exact) mass is 226 g/mol. The summed E-state index contributed by atoms with van der Waals surface area (Å²) in [5.74, 6) is 0.239. The van der Waals surface area contributed by atoms with Crippen molar-refractivity contribution < 1.29 is 9.53 Å². The number of nitrogens with zero attached hydrogens (tertiary/aromatic N) is 1. The van der Waals surface area contributed by atoms with Crippen LogP contribution in [0.15, 0.2) is 0 Å². The summed E-state index contributed by atoms with van der Waals surface area (Å²) in [6.45, 7) is 3.15. The predicted octanol–water partition coefficient (Wildman–Crippen LogP) is 0.767. The molecule has 2 aliphatic rings. The lowest BCUT2D eigenvalue weighted by Crippen LogP contribution is -2.50. The highest BCUT2D eigenvalue weighted by Gasteiger charge is 2.36. The topological polar surface area (TPSA) is 41.6 Å². The third-order valence-electron chi connectivity index (χ3n) is 3.88. The fraction of sp³-hybridized carbons (Fsp3) is 0.917. The lowest BCUT2D eigenvalue weighted by molar-refractivity contribution is -0.129. The Labute approximate surface area is 97.3 Å². The summed E-state index contributed by atoms with van der Waals surface area (Å²) in [6, 6.07) is 0. The molecule has 1 amide bonds. The largest absolute Gasteiger partial charge is 0.377 e. The Morgan fingerprint density at radius 3 is 2.50 bits per heavy atom. The number of hydrogen-bond acceptors (Lipinski definition) is 3. The van der Waals surface area contributed by atoms with Crippen molar-refractivity contribution in [2.75, 3.05) is 33.3 Å². The number of likely N-dealkylation sites (tertiary alicyclic amines) is 1. The van der Waals surface area contributed by atoms with Gasteiger partial charge in [0, 0.05) is 26.7 Å². The molecule has 1 N–H and O–H groups in total. The van der Waals surface area contributed by atoms with Crippen LogP contribution in [-0.4, -0.2) is 49.7 Å². The molecular weight excluding hydrogens is 204 g/mol. The van der Waals surface area contributed by atoms with Crippen LogP contribution in [0.1, 0.15) is 32.1 Å². The minimum absolute atomic E-state index is 0.0191. The summed E-state index contributed by atoms with van der Waals surface area (Å²) in [6.07, 6.45) is 5.81. The molecule has 1 saturated heterocycles. The summed E-state index contributed by atoms with van der Waals surface area (Å²) in [5.41, 5.74) is 0.0191. The van der Waals surface area contributed by atoms with Crippen molar-refractivity contribution in [2.24, 2.45) is 0 Å². The van der Waals surface area contributed by atoms with E-state index < -0.39 is 0 Å². The van der Waals surface area contributed by atoms with E-state index in [0.29, 0.717) is 6.54 Å². The normalized spacial score (nSPS) is 23.2. The molecule has 0 radical (unpaired) electrons. The molecule has 2 rings (SSSR count). The van der Waals surface area contributed by atoms with E-state index in [-0.39, 0.29) is 11.5 Å². The van der Waals surface area contributed by atoms with Gasteiger partial charge in [-0.25, -0.2) is 0 Å². The molecule has 92 valence electrons. The molecule has 1 aliphatic carbocycles. The molecule has 4 heteroatoms. The lowest BCUT2D eigenvalue weighted by atomic mass is 9.80. The Bertz CT molecular complexity index is 240. The van der Waals surface area contributed by atoms with Gasteiger partial charge >= 0.3 is 0 Å². The molecule has 0 bridgehead atoms. The summed E-state index contributed by atoms with van der Waals surface area (Å²) in [7, 11) is 1.77. The van der Waals surface area contributed by atoms with Crippen molar-refractivity contribution in [3.63, 3.8) is 0 Å². The average molecular weight is 226 g/mol. The first kappa shape index (κ1) is 11.9. The van der Waals surface area contributed by atoms with Gasteiger partial charge in [0.2, 0.25) is 5.91 Å². The molecule has 0 aromatic heterocycles. The van der Waals surface area contributed by atoms with Crippen LogP contribution in [0, 0.1) is 0 Å². The summed E-state index contributed by atoms with van der Waals surface area (Å²) >= 11 is 0. The van der Waals surface area contributed by atoms with Crippen LogP contribution in [-0.2, 0) is 9.53 Å². The second-order valence-corrected chi connectivity index (χ2v) is 4.93. The Morgan fingerprint density at radius 1 is 1.31 bits per heavy atom. The number of rotatable bonds is 5. The molecule has 0 spiro atoms. The Balaban J connectivity index is 1.65. The lowest BCUT2D eigenvalue weighted by Gasteiger charge is -2.40.